The van der Waals surface area contributed by atoms with Crippen LogP contribution in [0.2, 0.25) is 0 Å². The average molecular weight is 264 g/mol. The second-order valence-electron chi connectivity index (χ2n) is 4.58. The van der Waals surface area contributed by atoms with Gasteiger partial charge in [-0.3, -0.25) is 4.90 Å². The molecule has 17 heavy (non-hydrogen) atoms. The number of rotatable bonds is 6. The molecule has 0 aromatic heterocycles. The van der Waals surface area contributed by atoms with Gasteiger partial charge in [-0.05, 0) is 12.8 Å². The zero-order valence-electron chi connectivity index (χ0n) is 10.8. The molecule has 0 bridgehead atoms. The Balaban J connectivity index is 2.40. The highest BCUT2D eigenvalue weighted by Gasteiger charge is 2.26. The van der Waals surface area contributed by atoms with Gasteiger partial charge in [0.05, 0.1) is 11.9 Å². The third kappa shape index (κ3) is 4.54. The SMILES string of the molecule is CCCS(=O)(=O)N1CCN(CC(O)CC)CC1. The standard InChI is InChI=1S/C11H24N2O3S/c1-3-9-17(15,16)13-7-5-12(6-8-13)10-11(14)4-2/h11,14H,3-10H2,1-2H3. The van der Waals surface area contributed by atoms with Crippen LogP contribution in [-0.2, 0) is 10.0 Å². The first-order valence-electron chi connectivity index (χ1n) is 6.37. The van der Waals surface area contributed by atoms with Gasteiger partial charge < -0.3 is 5.11 Å². The molecule has 1 fully saturated rings. The molecular formula is C11H24N2O3S. The summed E-state index contributed by atoms with van der Waals surface area (Å²) >= 11 is 0. The van der Waals surface area contributed by atoms with Gasteiger partial charge in [0.15, 0.2) is 0 Å². The number of piperazine rings is 1. The maximum absolute atomic E-state index is 11.8. The summed E-state index contributed by atoms with van der Waals surface area (Å²) in [6, 6.07) is 0. The van der Waals surface area contributed by atoms with E-state index in [1.165, 1.54) is 0 Å². The van der Waals surface area contributed by atoms with E-state index in [0.717, 1.165) is 19.5 Å². The number of aliphatic hydroxyl groups excluding tert-OH is 1. The van der Waals surface area contributed by atoms with Crippen molar-refractivity contribution in [1.29, 1.82) is 0 Å². The summed E-state index contributed by atoms with van der Waals surface area (Å²) in [5.74, 6) is 0.241. The Hall–Kier alpha value is -0.170. The molecule has 0 radical (unpaired) electrons. The van der Waals surface area contributed by atoms with E-state index in [9.17, 15) is 13.5 Å². The summed E-state index contributed by atoms with van der Waals surface area (Å²) < 4.78 is 25.2. The van der Waals surface area contributed by atoms with Crippen LogP contribution in [0.15, 0.2) is 0 Å². The van der Waals surface area contributed by atoms with Crippen molar-refractivity contribution in [3.63, 3.8) is 0 Å². The summed E-state index contributed by atoms with van der Waals surface area (Å²) in [4.78, 5) is 2.13. The molecule has 1 saturated heterocycles. The van der Waals surface area contributed by atoms with E-state index in [1.807, 2.05) is 13.8 Å². The van der Waals surface area contributed by atoms with E-state index in [1.54, 1.807) is 4.31 Å². The smallest absolute Gasteiger partial charge is 0.214 e. The fraction of sp³-hybridized carbons (Fsp3) is 1.00. The Morgan fingerprint density at radius 2 is 1.76 bits per heavy atom. The number of aliphatic hydroxyl groups is 1. The normalized spacial score (nSPS) is 21.6. The third-order valence-corrected chi connectivity index (χ3v) is 5.20. The molecule has 1 aliphatic rings. The summed E-state index contributed by atoms with van der Waals surface area (Å²) in [5, 5.41) is 9.55. The molecule has 0 aromatic rings. The maximum atomic E-state index is 11.8. The highest BCUT2D eigenvalue weighted by Crippen LogP contribution is 2.09. The molecule has 0 amide bonds. The van der Waals surface area contributed by atoms with Crippen molar-refractivity contribution in [1.82, 2.24) is 9.21 Å². The van der Waals surface area contributed by atoms with Gasteiger partial charge in [0, 0.05) is 32.7 Å². The minimum absolute atomic E-state index is 0.241. The second kappa shape index (κ2) is 6.68. The molecule has 6 heteroatoms. The molecular weight excluding hydrogens is 240 g/mol. The molecule has 1 heterocycles. The van der Waals surface area contributed by atoms with Crippen LogP contribution < -0.4 is 0 Å². The van der Waals surface area contributed by atoms with E-state index >= 15 is 0 Å². The molecule has 0 aromatic carbocycles. The lowest BCUT2D eigenvalue weighted by molar-refractivity contribution is 0.0896. The maximum Gasteiger partial charge on any atom is 0.214 e. The first-order chi connectivity index (χ1) is 7.99. The van der Waals surface area contributed by atoms with Crippen LogP contribution in [0.5, 0.6) is 0 Å². The van der Waals surface area contributed by atoms with Crippen molar-refractivity contribution in [2.24, 2.45) is 0 Å². The van der Waals surface area contributed by atoms with Gasteiger partial charge in [-0.25, -0.2) is 8.42 Å². The molecule has 1 atom stereocenters. The van der Waals surface area contributed by atoms with Gasteiger partial charge in [-0.15, -0.1) is 0 Å². The van der Waals surface area contributed by atoms with Gasteiger partial charge in [-0.1, -0.05) is 13.8 Å². The Morgan fingerprint density at radius 1 is 1.18 bits per heavy atom. The lowest BCUT2D eigenvalue weighted by Crippen LogP contribution is -2.50. The van der Waals surface area contributed by atoms with Gasteiger partial charge in [0.1, 0.15) is 0 Å². The molecule has 1 unspecified atom stereocenters. The largest absolute Gasteiger partial charge is 0.392 e. The van der Waals surface area contributed by atoms with Crippen LogP contribution >= 0.6 is 0 Å². The Morgan fingerprint density at radius 3 is 2.24 bits per heavy atom. The van der Waals surface area contributed by atoms with Crippen molar-refractivity contribution in [3.8, 4) is 0 Å². The first-order valence-corrected chi connectivity index (χ1v) is 7.98. The van der Waals surface area contributed by atoms with Crippen molar-refractivity contribution in [3.05, 3.63) is 0 Å². The van der Waals surface area contributed by atoms with Crippen molar-refractivity contribution in [2.45, 2.75) is 32.8 Å². The summed E-state index contributed by atoms with van der Waals surface area (Å²) in [6.45, 7) is 7.04. The molecule has 0 aliphatic carbocycles. The summed E-state index contributed by atoms with van der Waals surface area (Å²) in [7, 11) is -3.05. The lowest BCUT2D eigenvalue weighted by Gasteiger charge is -2.34. The van der Waals surface area contributed by atoms with Crippen LogP contribution in [0.25, 0.3) is 0 Å². The predicted octanol–water partition coefficient (Wildman–Crippen LogP) is 0.115. The van der Waals surface area contributed by atoms with E-state index in [-0.39, 0.29) is 11.9 Å². The molecule has 5 nitrogen and oxygen atoms in total. The van der Waals surface area contributed by atoms with Crippen molar-refractivity contribution in [2.75, 3.05) is 38.5 Å². The Kier molecular flexibility index (Phi) is 5.85. The number of sulfonamides is 1. The lowest BCUT2D eigenvalue weighted by atomic mass is 10.2. The van der Waals surface area contributed by atoms with Crippen molar-refractivity contribution < 1.29 is 13.5 Å². The van der Waals surface area contributed by atoms with Crippen LogP contribution in [0.1, 0.15) is 26.7 Å². The van der Waals surface area contributed by atoms with Gasteiger partial charge in [0.25, 0.3) is 0 Å². The molecule has 1 aliphatic heterocycles. The Bertz CT molecular complexity index is 311. The molecule has 1 N–H and O–H groups in total. The second-order valence-corrected chi connectivity index (χ2v) is 6.67. The zero-order chi connectivity index (χ0) is 12.9. The van der Waals surface area contributed by atoms with Crippen LogP contribution in [0.3, 0.4) is 0 Å². The van der Waals surface area contributed by atoms with Crippen LogP contribution in [0.4, 0.5) is 0 Å². The Labute approximate surface area is 104 Å². The first kappa shape index (κ1) is 14.9. The quantitative estimate of drug-likeness (QED) is 0.740. The summed E-state index contributed by atoms with van der Waals surface area (Å²) in [6.07, 6.45) is 1.11. The topological polar surface area (TPSA) is 60.9 Å². The predicted molar refractivity (Wildman–Crippen MR) is 68.4 cm³/mol. The minimum Gasteiger partial charge on any atom is -0.392 e. The van der Waals surface area contributed by atoms with E-state index in [2.05, 4.69) is 4.90 Å². The minimum atomic E-state index is -3.05. The van der Waals surface area contributed by atoms with Gasteiger partial charge in [-0.2, -0.15) is 4.31 Å². The zero-order valence-corrected chi connectivity index (χ0v) is 11.6. The highest BCUT2D eigenvalue weighted by atomic mass is 32.2. The number of β-amino-alcohol motifs (C(OH)–C–C–N with tert-alkyl or cyclic N) is 1. The fourth-order valence-corrected chi connectivity index (χ4v) is 3.50. The fourth-order valence-electron chi connectivity index (χ4n) is 2.00. The molecule has 102 valence electrons. The summed E-state index contributed by atoms with van der Waals surface area (Å²) in [5.41, 5.74) is 0. The van der Waals surface area contributed by atoms with Crippen LogP contribution in [-0.4, -0.2) is 67.3 Å². The molecule has 0 saturated carbocycles. The van der Waals surface area contributed by atoms with Gasteiger partial charge >= 0.3 is 0 Å². The van der Waals surface area contributed by atoms with E-state index in [4.69, 9.17) is 0 Å². The number of hydrogen-bond donors (Lipinski definition) is 1. The third-order valence-electron chi connectivity index (χ3n) is 3.13. The molecule has 1 rings (SSSR count). The van der Waals surface area contributed by atoms with E-state index in [0.29, 0.717) is 26.1 Å². The number of hydrogen-bond acceptors (Lipinski definition) is 4. The molecule has 0 spiro atoms. The van der Waals surface area contributed by atoms with Gasteiger partial charge in [0.2, 0.25) is 10.0 Å². The van der Waals surface area contributed by atoms with Crippen LogP contribution in [0, 0.1) is 0 Å². The highest BCUT2D eigenvalue weighted by molar-refractivity contribution is 7.89. The van der Waals surface area contributed by atoms with Crippen molar-refractivity contribution >= 4 is 10.0 Å². The van der Waals surface area contributed by atoms with E-state index < -0.39 is 10.0 Å². The monoisotopic (exact) mass is 264 g/mol. The average Bonchev–Trinajstić information content (AvgIpc) is 2.29. The number of nitrogens with zero attached hydrogens (tertiary/aromatic N) is 2.